The molecule has 0 saturated heterocycles. The number of rotatable bonds is 0. The minimum Gasteiger partial charge on any atom is -0.426 e. The minimum absolute atomic E-state index is 0.285. The van der Waals surface area contributed by atoms with Crippen molar-refractivity contribution in [2.75, 3.05) is 0 Å². The number of hydrogen-bond acceptors (Lipinski definition) is 3. The molecule has 1 aromatic carbocycles. The molecule has 2 aliphatic rings. The quantitative estimate of drug-likeness (QED) is 0.565. The molecule has 0 amide bonds. The maximum absolute atomic E-state index is 12.1. The van der Waals surface area contributed by atoms with Crippen molar-refractivity contribution in [1.82, 2.24) is 0 Å². The number of benzene rings is 1. The number of carbonyl (C=O) groups is 1. The summed E-state index contributed by atoms with van der Waals surface area (Å²) in [6, 6.07) is 7.27. The normalized spacial score (nSPS) is 34.9. The molecule has 3 nitrogen and oxygen atoms in total. The third-order valence-electron chi connectivity index (χ3n) is 5.45. The van der Waals surface area contributed by atoms with Crippen molar-refractivity contribution in [3.05, 3.63) is 29.8 Å². The van der Waals surface area contributed by atoms with Gasteiger partial charge in [0, 0.05) is 11.0 Å². The van der Waals surface area contributed by atoms with Crippen molar-refractivity contribution in [3.8, 4) is 5.75 Å². The van der Waals surface area contributed by atoms with E-state index in [-0.39, 0.29) is 16.8 Å². The highest BCUT2D eigenvalue weighted by atomic mass is 16.5. The Bertz CT molecular complexity index is 544. The van der Waals surface area contributed by atoms with Gasteiger partial charge < -0.3 is 9.84 Å². The Kier molecular flexibility index (Phi) is 1.93. The van der Waals surface area contributed by atoms with Gasteiger partial charge in [0.15, 0.2) is 0 Å². The summed E-state index contributed by atoms with van der Waals surface area (Å²) in [4.78, 5) is 12.1. The highest BCUT2D eigenvalue weighted by molar-refractivity contribution is 5.83. The van der Waals surface area contributed by atoms with Gasteiger partial charge in [0.05, 0.1) is 5.92 Å². The first kappa shape index (κ1) is 11.7. The van der Waals surface area contributed by atoms with Gasteiger partial charge in [0.2, 0.25) is 0 Å². The largest absolute Gasteiger partial charge is 0.426 e. The average Bonchev–Trinajstić information content (AvgIpc) is 2.28. The molecule has 3 heteroatoms. The Hall–Kier alpha value is -1.35. The maximum atomic E-state index is 12.1. The number of fused-ring (bicyclic) bond motifs is 3. The van der Waals surface area contributed by atoms with E-state index in [1.807, 2.05) is 45.9 Å². The molecule has 0 radical (unpaired) electrons. The molecule has 1 aliphatic carbocycles. The Labute approximate surface area is 107 Å². The number of esters is 1. The third-order valence-corrected chi connectivity index (χ3v) is 5.45. The van der Waals surface area contributed by atoms with E-state index in [4.69, 9.17) is 4.74 Å². The second-order valence-corrected chi connectivity index (χ2v) is 6.46. The molecule has 2 atom stereocenters. The lowest BCUT2D eigenvalue weighted by Crippen LogP contribution is -2.74. The first-order valence-electron chi connectivity index (χ1n) is 6.28. The van der Waals surface area contributed by atoms with Gasteiger partial charge in [-0.25, -0.2) is 0 Å². The molecule has 18 heavy (non-hydrogen) atoms. The molecule has 1 aromatic rings. The molecule has 1 saturated carbocycles. The third kappa shape index (κ3) is 0.948. The highest BCUT2D eigenvalue weighted by Crippen LogP contribution is 2.72. The first-order chi connectivity index (χ1) is 8.24. The molecule has 96 valence electrons. The van der Waals surface area contributed by atoms with Crippen LogP contribution in [-0.2, 0) is 10.4 Å². The van der Waals surface area contributed by atoms with Crippen LogP contribution in [0.25, 0.3) is 0 Å². The monoisotopic (exact) mass is 246 g/mol. The first-order valence-corrected chi connectivity index (χ1v) is 6.28. The predicted molar refractivity (Wildman–Crippen MR) is 67.0 cm³/mol. The molecule has 1 heterocycles. The van der Waals surface area contributed by atoms with Gasteiger partial charge in [-0.15, -0.1) is 0 Å². The van der Waals surface area contributed by atoms with Gasteiger partial charge in [0.25, 0.3) is 0 Å². The number of para-hydroxylation sites is 1. The molecule has 0 aromatic heterocycles. The van der Waals surface area contributed by atoms with Gasteiger partial charge in [-0.1, -0.05) is 45.9 Å². The Morgan fingerprint density at radius 1 is 1.17 bits per heavy atom. The Balaban J connectivity index is 2.27. The van der Waals surface area contributed by atoms with E-state index < -0.39 is 11.5 Å². The van der Waals surface area contributed by atoms with E-state index in [1.54, 1.807) is 6.07 Å². The molecule has 0 bridgehead atoms. The predicted octanol–water partition coefficient (Wildman–Crippen LogP) is 2.48. The van der Waals surface area contributed by atoms with Crippen molar-refractivity contribution in [1.29, 1.82) is 0 Å². The van der Waals surface area contributed by atoms with Crippen LogP contribution in [-0.4, -0.2) is 11.1 Å². The fourth-order valence-corrected chi connectivity index (χ4v) is 3.65. The van der Waals surface area contributed by atoms with E-state index in [0.717, 1.165) is 5.56 Å². The number of ether oxygens (including phenoxy) is 1. The molecule has 2 unspecified atom stereocenters. The van der Waals surface area contributed by atoms with Gasteiger partial charge in [-0.3, -0.25) is 4.79 Å². The van der Waals surface area contributed by atoms with Crippen molar-refractivity contribution in [3.63, 3.8) is 0 Å². The lowest BCUT2D eigenvalue weighted by Gasteiger charge is -2.69. The summed E-state index contributed by atoms with van der Waals surface area (Å²) in [6.45, 7) is 8.06. The summed E-state index contributed by atoms with van der Waals surface area (Å²) in [7, 11) is 0. The van der Waals surface area contributed by atoms with Crippen LogP contribution < -0.4 is 4.74 Å². The van der Waals surface area contributed by atoms with Crippen LogP contribution in [0.1, 0.15) is 33.3 Å². The van der Waals surface area contributed by atoms with Crippen LogP contribution >= 0.6 is 0 Å². The summed E-state index contributed by atoms with van der Waals surface area (Å²) in [5.74, 6) is -0.319. The zero-order chi connectivity index (χ0) is 13.3. The van der Waals surface area contributed by atoms with Crippen molar-refractivity contribution in [2.24, 2.45) is 16.7 Å². The summed E-state index contributed by atoms with van der Waals surface area (Å²) in [5.41, 5.74) is -1.05. The van der Waals surface area contributed by atoms with Crippen molar-refractivity contribution >= 4 is 5.97 Å². The highest BCUT2D eigenvalue weighted by Gasteiger charge is 2.76. The topological polar surface area (TPSA) is 46.5 Å². The smallest absolute Gasteiger partial charge is 0.318 e. The fourth-order valence-electron chi connectivity index (χ4n) is 3.65. The SMILES string of the molecule is CC1(C)C2C(=O)Oc3ccccc3C2(O)C1(C)C. The Morgan fingerprint density at radius 2 is 1.78 bits per heavy atom. The Morgan fingerprint density at radius 3 is 2.44 bits per heavy atom. The number of carbonyl (C=O) groups excluding carboxylic acids is 1. The zero-order valence-electron chi connectivity index (χ0n) is 11.2. The molecular weight excluding hydrogens is 228 g/mol. The van der Waals surface area contributed by atoms with Gasteiger partial charge in [0.1, 0.15) is 11.4 Å². The minimum atomic E-state index is -1.12. The number of aliphatic hydroxyl groups is 1. The summed E-state index contributed by atoms with van der Waals surface area (Å²) in [6.07, 6.45) is 0. The van der Waals surface area contributed by atoms with Crippen molar-refractivity contribution in [2.45, 2.75) is 33.3 Å². The molecule has 3 rings (SSSR count). The molecule has 0 spiro atoms. The van der Waals surface area contributed by atoms with Crippen LogP contribution in [0.5, 0.6) is 5.75 Å². The summed E-state index contributed by atoms with van der Waals surface area (Å²) >= 11 is 0. The van der Waals surface area contributed by atoms with Crippen LogP contribution in [0.15, 0.2) is 24.3 Å². The van der Waals surface area contributed by atoms with Crippen LogP contribution in [0.3, 0.4) is 0 Å². The molecule has 1 aliphatic heterocycles. The van der Waals surface area contributed by atoms with Gasteiger partial charge in [-0.05, 0) is 11.5 Å². The van der Waals surface area contributed by atoms with E-state index in [0.29, 0.717) is 5.75 Å². The van der Waals surface area contributed by atoms with Gasteiger partial charge in [-0.2, -0.15) is 0 Å². The van der Waals surface area contributed by atoms with E-state index >= 15 is 0 Å². The average molecular weight is 246 g/mol. The fraction of sp³-hybridized carbons (Fsp3) is 0.533. The van der Waals surface area contributed by atoms with E-state index in [9.17, 15) is 9.90 Å². The molecule has 1 fully saturated rings. The number of hydrogen-bond donors (Lipinski definition) is 1. The van der Waals surface area contributed by atoms with Crippen LogP contribution in [0.2, 0.25) is 0 Å². The lowest BCUT2D eigenvalue weighted by molar-refractivity contribution is -0.300. The summed E-state index contributed by atoms with van der Waals surface area (Å²) < 4.78 is 5.36. The molecular formula is C15H18O3. The van der Waals surface area contributed by atoms with Crippen LogP contribution in [0, 0.1) is 16.7 Å². The standard InChI is InChI=1S/C15H18O3/c1-13(2)11-12(16)18-10-8-6-5-7-9(10)15(11,17)14(13,3)4/h5-8,11,17H,1-4H3. The van der Waals surface area contributed by atoms with E-state index in [2.05, 4.69) is 0 Å². The maximum Gasteiger partial charge on any atom is 0.318 e. The second-order valence-electron chi connectivity index (χ2n) is 6.46. The van der Waals surface area contributed by atoms with Crippen molar-refractivity contribution < 1.29 is 14.6 Å². The lowest BCUT2D eigenvalue weighted by atomic mass is 9.36. The zero-order valence-corrected chi connectivity index (χ0v) is 11.2. The summed E-state index contributed by atoms with van der Waals surface area (Å²) in [5, 5.41) is 11.1. The van der Waals surface area contributed by atoms with Crippen LogP contribution in [0.4, 0.5) is 0 Å². The van der Waals surface area contributed by atoms with E-state index in [1.165, 1.54) is 0 Å². The second kappa shape index (κ2) is 2.97. The molecule has 1 N–H and O–H groups in total. The van der Waals surface area contributed by atoms with Gasteiger partial charge >= 0.3 is 5.97 Å².